The van der Waals surface area contributed by atoms with E-state index >= 15 is 0 Å². The number of hydrogen-bond acceptors (Lipinski definition) is 7. The van der Waals surface area contributed by atoms with Crippen LogP contribution in [0.3, 0.4) is 0 Å². The van der Waals surface area contributed by atoms with Gasteiger partial charge in [-0.05, 0) is 72.9 Å². The van der Waals surface area contributed by atoms with Crippen molar-refractivity contribution in [1.29, 1.82) is 0 Å². The molecule has 0 N–H and O–H groups in total. The molecule has 5 rings (SSSR count). The molecule has 0 saturated carbocycles. The van der Waals surface area contributed by atoms with E-state index in [1.54, 1.807) is 54.6 Å². The van der Waals surface area contributed by atoms with Gasteiger partial charge in [0.15, 0.2) is 0 Å². The molecule has 0 fully saturated rings. The van der Waals surface area contributed by atoms with Crippen molar-refractivity contribution in [2.45, 2.75) is 36.8 Å². The monoisotopic (exact) mass is 660 g/mol. The van der Waals surface area contributed by atoms with Crippen LogP contribution in [0.25, 0.3) is 0 Å². The summed E-state index contributed by atoms with van der Waals surface area (Å²) in [4.78, 5) is 41.1. The number of imide groups is 1. The molecule has 9 nitrogen and oxygen atoms in total. The number of methoxy groups -OCH3 is 1. The number of rotatable bonds is 14. The first-order valence-electron chi connectivity index (χ1n) is 14.8. The Balaban J connectivity index is 1.47. The summed E-state index contributed by atoms with van der Waals surface area (Å²) in [6, 6.07) is 27.3. The van der Waals surface area contributed by atoms with Gasteiger partial charge in [0.1, 0.15) is 18.4 Å². The van der Waals surface area contributed by atoms with Crippen LogP contribution in [0.2, 0.25) is 5.02 Å². The number of carbonyl (C=O) groups is 3. The molecule has 1 atom stereocenters. The van der Waals surface area contributed by atoms with Crippen molar-refractivity contribution in [2.75, 3.05) is 20.2 Å². The summed E-state index contributed by atoms with van der Waals surface area (Å²) in [5, 5.41) is 0.552. The number of fused-ring (bicyclic) bond motifs is 1. The standard InChI is InChI=1S/C35H33ClN2O7S/c1-44-27-17-19-28(20-18-27)46(42,43)38(22-9-13-26-12-5-8-16-31(26)36)32(35(41)45-24-25-10-3-2-4-11-25)21-23-37-33(39)29-14-6-7-15-30(29)34(37)40/h2-8,10-12,14-20,32H,9,13,21-24H2,1H3. The van der Waals surface area contributed by atoms with Crippen LogP contribution in [0.5, 0.6) is 5.75 Å². The number of halogens is 1. The van der Waals surface area contributed by atoms with Gasteiger partial charge in [0.2, 0.25) is 10.0 Å². The van der Waals surface area contributed by atoms with Crippen LogP contribution in [0.1, 0.15) is 44.7 Å². The number of aryl methyl sites for hydroxylation is 1. The van der Waals surface area contributed by atoms with Gasteiger partial charge in [-0.25, -0.2) is 8.42 Å². The minimum Gasteiger partial charge on any atom is -0.497 e. The van der Waals surface area contributed by atoms with Gasteiger partial charge < -0.3 is 9.47 Å². The van der Waals surface area contributed by atoms with Gasteiger partial charge in [-0.3, -0.25) is 19.3 Å². The number of hydrogen-bond donors (Lipinski definition) is 0. The highest BCUT2D eigenvalue weighted by Gasteiger charge is 2.40. The van der Waals surface area contributed by atoms with Gasteiger partial charge in [0.05, 0.1) is 23.1 Å². The maximum Gasteiger partial charge on any atom is 0.324 e. The summed E-state index contributed by atoms with van der Waals surface area (Å²) in [6.07, 6.45) is 0.591. The molecule has 0 bridgehead atoms. The van der Waals surface area contributed by atoms with E-state index in [9.17, 15) is 22.8 Å². The minimum absolute atomic E-state index is 0.0485. The van der Waals surface area contributed by atoms with Gasteiger partial charge in [-0.2, -0.15) is 4.31 Å². The molecule has 0 saturated heterocycles. The van der Waals surface area contributed by atoms with Crippen molar-refractivity contribution < 1.29 is 32.3 Å². The molecule has 1 unspecified atom stereocenters. The quantitative estimate of drug-likeness (QED) is 0.125. The maximum absolute atomic E-state index is 14.3. The van der Waals surface area contributed by atoms with Crippen LogP contribution in [-0.2, 0) is 32.6 Å². The highest BCUT2D eigenvalue weighted by molar-refractivity contribution is 7.89. The zero-order chi connectivity index (χ0) is 32.7. The highest BCUT2D eigenvalue weighted by atomic mass is 35.5. The molecule has 46 heavy (non-hydrogen) atoms. The zero-order valence-corrected chi connectivity index (χ0v) is 26.7. The summed E-state index contributed by atoms with van der Waals surface area (Å²) in [5.74, 6) is -1.33. The lowest BCUT2D eigenvalue weighted by Gasteiger charge is -2.30. The summed E-state index contributed by atoms with van der Waals surface area (Å²) in [6.45, 7) is -0.345. The van der Waals surface area contributed by atoms with Crippen LogP contribution < -0.4 is 4.74 Å². The molecule has 4 aromatic rings. The van der Waals surface area contributed by atoms with Crippen LogP contribution in [0, 0.1) is 0 Å². The summed E-state index contributed by atoms with van der Waals surface area (Å²) in [7, 11) is -2.81. The van der Waals surface area contributed by atoms with E-state index in [-0.39, 0.29) is 42.1 Å². The van der Waals surface area contributed by atoms with Gasteiger partial charge in [-0.15, -0.1) is 0 Å². The fourth-order valence-electron chi connectivity index (χ4n) is 5.35. The summed E-state index contributed by atoms with van der Waals surface area (Å²) in [5.41, 5.74) is 2.08. The number of ether oxygens (including phenoxy) is 2. The lowest BCUT2D eigenvalue weighted by atomic mass is 10.1. The van der Waals surface area contributed by atoms with Gasteiger partial charge >= 0.3 is 5.97 Å². The van der Waals surface area contributed by atoms with E-state index in [4.69, 9.17) is 21.1 Å². The molecule has 0 radical (unpaired) electrons. The first-order valence-corrected chi connectivity index (χ1v) is 16.6. The largest absolute Gasteiger partial charge is 0.497 e. The molecule has 11 heteroatoms. The number of amides is 2. The Kier molecular flexibility index (Phi) is 10.5. The third-order valence-corrected chi connectivity index (χ3v) is 10.1. The lowest BCUT2D eigenvalue weighted by Crippen LogP contribution is -2.48. The van der Waals surface area contributed by atoms with Gasteiger partial charge in [-0.1, -0.05) is 72.3 Å². The molecule has 238 valence electrons. The molecule has 0 aliphatic carbocycles. The van der Waals surface area contributed by atoms with E-state index in [1.165, 1.54) is 31.4 Å². The first-order chi connectivity index (χ1) is 22.2. The average Bonchev–Trinajstić information content (AvgIpc) is 3.32. The Hall–Kier alpha value is -4.51. The molecule has 1 heterocycles. The van der Waals surface area contributed by atoms with E-state index in [1.807, 2.05) is 24.3 Å². The highest BCUT2D eigenvalue weighted by Crippen LogP contribution is 2.27. The third-order valence-electron chi connectivity index (χ3n) is 7.80. The van der Waals surface area contributed by atoms with E-state index in [2.05, 4.69) is 0 Å². The Morgan fingerprint density at radius 2 is 1.46 bits per heavy atom. The van der Waals surface area contributed by atoms with Crippen LogP contribution in [0.15, 0.2) is 108 Å². The summed E-state index contributed by atoms with van der Waals surface area (Å²) >= 11 is 6.37. The fraction of sp³-hybridized carbons (Fsp3) is 0.229. The normalized spacial score (nSPS) is 13.5. The number of nitrogens with zero attached hydrogens (tertiary/aromatic N) is 2. The Morgan fingerprint density at radius 1 is 0.848 bits per heavy atom. The molecular formula is C35H33ClN2O7S. The molecule has 4 aromatic carbocycles. The first kappa shape index (κ1) is 32.9. The predicted octanol–water partition coefficient (Wildman–Crippen LogP) is 5.77. The van der Waals surface area contributed by atoms with Crippen molar-refractivity contribution in [3.63, 3.8) is 0 Å². The van der Waals surface area contributed by atoms with Crippen molar-refractivity contribution in [1.82, 2.24) is 9.21 Å². The number of sulfonamides is 1. The van der Waals surface area contributed by atoms with Crippen molar-refractivity contribution in [2.24, 2.45) is 0 Å². The number of carbonyl (C=O) groups excluding carboxylic acids is 3. The van der Waals surface area contributed by atoms with Crippen molar-refractivity contribution in [3.8, 4) is 5.75 Å². The molecule has 1 aliphatic rings. The van der Waals surface area contributed by atoms with Crippen LogP contribution in [0.4, 0.5) is 0 Å². The van der Waals surface area contributed by atoms with Crippen molar-refractivity contribution in [3.05, 3.63) is 130 Å². The zero-order valence-electron chi connectivity index (χ0n) is 25.2. The van der Waals surface area contributed by atoms with Gasteiger partial charge in [0.25, 0.3) is 11.8 Å². The lowest BCUT2D eigenvalue weighted by molar-refractivity contribution is -0.150. The van der Waals surface area contributed by atoms with Crippen molar-refractivity contribution >= 4 is 39.4 Å². The van der Waals surface area contributed by atoms with Crippen LogP contribution >= 0.6 is 11.6 Å². The number of esters is 1. The fourth-order valence-corrected chi connectivity index (χ4v) is 7.23. The second-order valence-corrected chi connectivity index (χ2v) is 13.0. The Bertz CT molecular complexity index is 1780. The van der Waals surface area contributed by atoms with E-state index < -0.39 is 33.8 Å². The van der Waals surface area contributed by atoms with Crippen LogP contribution in [-0.4, -0.2) is 61.6 Å². The second-order valence-electron chi connectivity index (χ2n) is 10.7. The third kappa shape index (κ3) is 7.31. The molecule has 2 amide bonds. The topological polar surface area (TPSA) is 110 Å². The maximum atomic E-state index is 14.3. The second kappa shape index (κ2) is 14.7. The average molecular weight is 661 g/mol. The predicted molar refractivity (Wildman–Crippen MR) is 173 cm³/mol. The molecule has 0 aromatic heterocycles. The minimum atomic E-state index is -4.29. The molecule has 1 aliphatic heterocycles. The molecular weight excluding hydrogens is 628 g/mol. The Labute approximate surface area is 273 Å². The van der Waals surface area contributed by atoms with Gasteiger partial charge in [0, 0.05) is 18.1 Å². The SMILES string of the molecule is COc1ccc(S(=O)(=O)N(CCCc2ccccc2Cl)C(CCN2C(=O)c3ccccc3C2=O)C(=O)OCc2ccccc2)cc1. The molecule has 0 spiro atoms. The Morgan fingerprint density at radius 3 is 2.09 bits per heavy atom. The smallest absolute Gasteiger partial charge is 0.324 e. The van der Waals surface area contributed by atoms with E-state index in [0.717, 1.165) is 20.3 Å². The summed E-state index contributed by atoms with van der Waals surface area (Å²) < 4.78 is 40.5. The number of benzene rings is 4. The van der Waals surface area contributed by atoms with E-state index in [0.29, 0.717) is 23.6 Å².